The maximum atomic E-state index is 14.8. The summed E-state index contributed by atoms with van der Waals surface area (Å²) < 4.78 is 0. The molecule has 4 aromatic rings. The van der Waals surface area contributed by atoms with Crippen LogP contribution in [0.25, 0.3) is 11.1 Å². The molecule has 0 N–H and O–H groups in total. The van der Waals surface area contributed by atoms with E-state index in [0.29, 0.717) is 0 Å². The predicted molar refractivity (Wildman–Crippen MR) is 158 cm³/mol. The summed E-state index contributed by atoms with van der Waals surface area (Å²) in [5.74, 6) is -0.245. The number of ketones is 1. The Morgan fingerprint density at radius 2 is 1.32 bits per heavy atom. The third-order valence-corrected chi connectivity index (χ3v) is 8.98. The van der Waals surface area contributed by atoms with Gasteiger partial charge >= 0.3 is 0 Å². The van der Waals surface area contributed by atoms with Crippen molar-refractivity contribution in [3.05, 3.63) is 150 Å². The van der Waals surface area contributed by atoms with Crippen LogP contribution in [0.4, 0.5) is 5.69 Å². The lowest BCUT2D eigenvalue weighted by atomic mass is 9.55. The Hall–Kier alpha value is -4.17. The van der Waals surface area contributed by atoms with E-state index in [4.69, 9.17) is 0 Å². The molecule has 0 amide bonds. The highest BCUT2D eigenvalue weighted by molar-refractivity contribution is 6.10. The van der Waals surface area contributed by atoms with Gasteiger partial charge in [0.1, 0.15) is 0 Å². The summed E-state index contributed by atoms with van der Waals surface area (Å²) in [4.78, 5) is 17.2. The molecule has 2 nitrogen and oxygen atoms in total. The molecular weight excluding hydrogens is 462 g/mol. The molecule has 1 spiro atoms. The minimum absolute atomic E-state index is 0.156. The molecule has 1 aliphatic carbocycles. The van der Waals surface area contributed by atoms with Crippen molar-refractivity contribution in [1.82, 2.24) is 0 Å². The summed E-state index contributed by atoms with van der Waals surface area (Å²) >= 11 is 0. The minimum atomic E-state index is -0.608. The number of para-hydroxylation sites is 1. The molecule has 0 saturated carbocycles. The summed E-state index contributed by atoms with van der Waals surface area (Å²) in [6, 6.07) is 39.6. The molecule has 2 heteroatoms. The van der Waals surface area contributed by atoms with Crippen molar-refractivity contribution >= 4 is 22.6 Å². The molecule has 1 aliphatic heterocycles. The Morgan fingerprint density at radius 3 is 1.95 bits per heavy atom. The Kier molecular flexibility index (Phi) is 5.91. The van der Waals surface area contributed by atoms with E-state index in [2.05, 4.69) is 117 Å². The number of allylic oxidation sites excluding steroid dienone is 2. The van der Waals surface area contributed by atoms with Gasteiger partial charge in [-0.1, -0.05) is 123 Å². The summed E-state index contributed by atoms with van der Waals surface area (Å²) in [5, 5.41) is 0. The largest absolute Gasteiger partial charge is 0.363 e. The van der Waals surface area contributed by atoms with Gasteiger partial charge < -0.3 is 4.90 Å². The maximum absolute atomic E-state index is 14.8. The first kappa shape index (κ1) is 24.2. The number of fused-ring (bicyclic) bond motifs is 1. The van der Waals surface area contributed by atoms with E-state index in [-0.39, 0.29) is 11.2 Å². The zero-order valence-electron chi connectivity index (χ0n) is 22.3. The number of likely N-dealkylation sites (N-methyl/N-ethyl adjacent to an activating group) is 1. The fourth-order valence-corrected chi connectivity index (χ4v) is 6.90. The molecule has 4 aromatic carbocycles. The van der Waals surface area contributed by atoms with Crippen LogP contribution in [0.2, 0.25) is 0 Å². The normalized spacial score (nSPS) is 24.1. The number of hydrogen-bond donors (Lipinski definition) is 0. The number of anilines is 1. The van der Waals surface area contributed by atoms with Crippen LogP contribution in [0.1, 0.15) is 47.3 Å². The molecule has 3 atom stereocenters. The number of benzene rings is 4. The highest BCUT2D eigenvalue weighted by atomic mass is 16.1. The molecule has 0 aromatic heterocycles. The standard InChI is InChI=1S/C36H33NO/c1-4-35(2)31-22-14-15-23-32(31)37(3)36(35)25-29(26-16-8-5-9-17-26)24-30(27-18-10-6-11-19-27)33(36)34(38)28-20-12-7-13-21-28/h5-25,33H,4H2,1-3H3/t33-,35+,36-/m1/s1. The van der Waals surface area contributed by atoms with E-state index < -0.39 is 11.5 Å². The van der Waals surface area contributed by atoms with Crippen LogP contribution in [0.3, 0.4) is 0 Å². The second-order valence-electron chi connectivity index (χ2n) is 10.7. The first-order valence-corrected chi connectivity index (χ1v) is 13.5. The number of carbonyl (C=O) groups excluding carboxylic acids is 1. The lowest BCUT2D eigenvalue weighted by molar-refractivity contribution is 0.0877. The van der Waals surface area contributed by atoms with Crippen LogP contribution in [0.15, 0.2) is 127 Å². The van der Waals surface area contributed by atoms with Crippen molar-refractivity contribution in [1.29, 1.82) is 0 Å². The number of hydrogen-bond acceptors (Lipinski definition) is 2. The van der Waals surface area contributed by atoms with Crippen LogP contribution >= 0.6 is 0 Å². The number of carbonyl (C=O) groups is 1. The zero-order valence-corrected chi connectivity index (χ0v) is 22.3. The van der Waals surface area contributed by atoms with Crippen molar-refractivity contribution < 1.29 is 4.79 Å². The molecule has 2 aliphatic rings. The van der Waals surface area contributed by atoms with E-state index >= 15 is 0 Å². The second-order valence-corrected chi connectivity index (χ2v) is 10.7. The molecule has 38 heavy (non-hydrogen) atoms. The van der Waals surface area contributed by atoms with Crippen LogP contribution in [0, 0.1) is 5.92 Å². The molecule has 0 fully saturated rings. The van der Waals surface area contributed by atoms with E-state index in [0.717, 1.165) is 34.3 Å². The third-order valence-electron chi connectivity index (χ3n) is 8.98. The van der Waals surface area contributed by atoms with E-state index in [1.54, 1.807) is 0 Å². The summed E-state index contributed by atoms with van der Waals surface area (Å²) in [6.45, 7) is 4.62. The van der Waals surface area contributed by atoms with Gasteiger partial charge in [0.2, 0.25) is 0 Å². The van der Waals surface area contributed by atoms with Gasteiger partial charge in [-0.05, 0) is 52.5 Å². The Morgan fingerprint density at radius 1 is 0.763 bits per heavy atom. The average Bonchev–Trinajstić information content (AvgIpc) is 3.17. The quantitative estimate of drug-likeness (QED) is 0.260. The molecular formula is C36H33NO. The molecule has 0 saturated heterocycles. The van der Waals surface area contributed by atoms with Crippen LogP contribution in [-0.4, -0.2) is 18.4 Å². The van der Waals surface area contributed by atoms with Crippen molar-refractivity contribution in [2.24, 2.45) is 5.92 Å². The molecule has 1 heterocycles. The van der Waals surface area contributed by atoms with E-state index in [9.17, 15) is 4.79 Å². The fourth-order valence-electron chi connectivity index (χ4n) is 6.90. The Labute approximate surface area is 226 Å². The summed E-state index contributed by atoms with van der Waals surface area (Å²) in [7, 11) is 2.18. The van der Waals surface area contributed by atoms with Gasteiger partial charge in [-0.3, -0.25) is 4.79 Å². The highest BCUT2D eigenvalue weighted by Crippen LogP contribution is 2.61. The molecule has 0 radical (unpaired) electrons. The molecule has 188 valence electrons. The molecule has 6 rings (SSSR count). The lowest BCUT2D eigenvalue weighted by Gasteiger charge is -2.53. The van der Waals surface area contributed by atoms with Gasteiger partial charge in [0, 0.05) is 23.7 Å². The second kappa shape index (κ2) is 9.29. The highest BCUT2D eigenvalue weighted by Gasteiger charge is 2.63. The van der Waals surface area contributed by atoms with Gasteiger partial charge in [0.05, 0.1) is 11.5 Å². The minimum Gasteiger partial charge on any atom is -0.363 e. The fraction of sp³-hybridized carbons (Fsp3) is 0.194. The van der Waals surface area contributed by atoms with Crippen LogP contribution in [-0.2, 0) is 5.41 Å². The average molecular weight is 496 g/mol. The number of rotatable bonds is 5. The number of Topliss-reactive ketones (excluding diaryl/α,β-unsaturated/α-hetero) is 1. The van der Waals surface area contributed by atoms with Crippen molar-refractivity contribution in [2.75, 3.05) is 11.9 Å². The molecule has 0 bridgehead atoms. The van der Waals surface area contributed by atoms with Crippen LogP contribution in [0.5, 0.6) is 0 Å². The summed E-state index contributed by atoms with van der Waals surface area (Å²) in [6.07, 6.45) is 5.56. The number of nitrogens with zero attached hydrogens (tertiary/aromatic N) is 1. The first-order chi connectivity index (χ1) is 18.5. The smallest absolute Gasteiger partial charge is 0.173 e. The van der Waals surface area contributed by atoms with Gasteiger partial charge in [-0.25, -0.2) is 0 Å². The van der Waals surface area contributed by atoms with Gasteiger partial charge in [0.15, 0.2) is 5.78 Å². The van der Waals surface area contributed by atoms with Crippen molar-refractivity contribution in [3.8, 4) is 0 Å². The van der Waals surface area contributed by atoms with Crippen molar-refractivity contribution in [3.63, 3.8) is 0 Å². The zero-order chi connectivity index (χ0) is 26.3. The maximum Gasteiger partial charge on any atom is 0.173 e. The lowest BCUT2D eigenvalue weighted by Crippen LogP contribution is -2.62. The third kappa shape index (κ3) is 3.44. The van der Waals surface area contributed by atoms with Gasteiger partial charge in [-0.15, -0.1) is 0 Å². The summed E-state index contributed by atoms with van der Waals surface area (Å²) in [5.41, 5.74) is 6.80. The SMILES string of the molecule is CC[C@@]1(C)c2ccccc2N(C)[C@@]12C=C(c1ccccc1)C=C(c1ccccc1)[C@@H]2C(=O)c1ccccc1. The van der Waals surface area contributed by atoms with Crippen molar-refractivity contribution in [2.45, 2.75) is 31.2 Å². The van der Waals surface area contributed by atoms with Gasteiger partial charge in [-0.2, -0.15) is 0 Å². The first-order valence-electron chi connectivity index (χ1n) is 13.5. The monoisotopic (exact) mass is 495 g/mol. The van der Waals surface area contributed by atoms with Gasteiger partial charge in [0.25, 0.3) is 0 Å². The van der Waals surface area contributed by atoms with Crippen LogP contribution < -0.4 is 4.90 Å². The Balaban J connectivity index is 1.71. The van der Waals surface area contributed by atoms with E-state index in [1.807, 2.05) is 36.4 Å². The predicted octanol–water partition coefficient (Wildman–Crippen LogP) is 8.22. The van der Waals surface area contributed by atoms with E-state index in [1.165, 1.54) is 11.3 Å². The topological polar surface area (TPSA) is 20.3 Å². The Bertz CT molecular complexity index is 1540. The molecule has 0 unspecified atom stereocenters.